The Bertz CT molecular complexity index is 863. The van der Waals surface area contributed by atoms with Crippen LogP contribution in [0.4, 0.5) is 5.00 Å². The van der Waals surface area contributed by atoms with Crippen molar-refractivity contribution in [2.75, 3.05) is 31.3 Å². The third-order valence-corrected chi connectivity index (χ3v) is 6.88. The number of quaternary nitrogens is 1. The van der Waals surface area contributed by atoms with E-state index in [1.165, 1.54) is 28.2 Å². The van der Waals surface area contributed by atoms with Crippen LogP contribution in [0.1, 0.15) is 51.4 Å². The molecule has 0 fully saturated rings. The van der Waals surface area contributed by atoms with Gasteiger partial charge >= 0.3 is 5.97 Å². The number of methoxy groups -OCH3 is 1. The predicted octanol–water partition coefficient (Wildman–Crippen LogP) is 3.25. The van der Waals surface area contributed by atoms with Crippen molar-refractivity contribution in [1.82, 2.24) is 0 Å². The molecule has 0 bridgehead atoms. The second-order valence-electron chi connectivity index (χ2n) is 6.79. The summed E-state index contributed by atoms with van der Waals surface area (Å²) in [6.45, 7) is 7.30. The molecule has 1 aliphatic heterocycles. The van der Waals surface area contributed by atoms with E-state index in [0.717, 1.165) is 48.7 Å². The van der Waals surface area contributed by atoms with E-state index in [1.807, 2.05) is 18.2 Å². The second kappa shape index (κ2) is 9.58. The third-order valence-electron chi connectivity index (χ3n) is 4.86. The minimum absolute atomic E-state index is 0.194. The van der Waals surface area contributed by atoms with Crippen LogP contribution in [0.25, 0.3) is 0 Å². The zero-order chi connectivity index (χ0) is 20.1. The fourth-order valence-corrected chi connectivity index (χ4v) is 5.60. The van der Waals surface area contributed by atoms with E-state index in [9.17, 15) is 9.59 Å². The molecule has 7 heteroatoms. The lowest BCUT2D eigenvalue weighted by molar-refractivity contribution is -0.915. The molecule has 2 N–H and O–H groups in total. The molecular formula is C21H27N2O3S2+. The summed E-state index contributed by atoms with van der Waals surface area (Å²) in [7, 11) is 1.39. The lowest BCUT2D eigenvalue weighted by Gasteiger charge is -2.23. The number of carbonyl (C=O) groups is 2. The van der Waals surface area contributed by atoms with Gasteiger partial charge in [-0.2, -0.15) is 0 Å². The van der Waals surface area contributed by atoms with Crippen LogP contribution >= 0.6 is 23.1 Å². The number of thioether (sulfide) groups is 1. The highest BCUT2D eigenvalue weighted by Crippen LogP contribution is 2.35. The molecule has 1 aliphatic rings. The fraction of sp³-hybridized carbons (Fsp3) is 0.429. The number of thiophene rings is 1. The summed E-state index contributed by atoms with van der Waals surface area (Å²) >= 11 is 3.21. The lowest BCUT2D eigenvalue weighted by atomic mass is 10.0. The van der Waals surface area contributed by atoms with Crippen molar-refractivity contribution in [2.24, 2.45) is 0 Å². The Balaban J connectivity index is 1.88. The smallest absolute Gasteiger partial charge is 0.341 e. The Kier molecular flexibility index (Phi) is 7.15. The first-order chi connectivity index (χ1) is 13.6. The standard InChI is InChI=1S/C21H26N2O3S2/c1-4-10-23-11-9-16-17(13-23)28-20(18(16)21(25)26-3)22-19(24)14-7-6-8-15(12-14)27-5-2/h6-8,12H,4-5,9-11,13H2,1-3H3,(H,22,24)/p+1. The van der Waals surface area contributed by atoms with Gasteiger partial charge in [0.1, 0.15) is 11.5 Å². The predicted molar refractivity (Wildman–Crippen MR) is 115 cm³/mol. The highest BCUT2D eigenvalue weighted by Gasteiger charge is 2.31. The molecule has 5 nitrogen and oxygen atoms in total. The number of ether oxygens (including phenoxy) is 1. The van der Waals surface area contributed by atoms with Crippen molar-refractivity contribution in [3.63, 3.8) is 0 Å². The average molecular weight is 420 g/mol. The van der Waals surface area contributed by atoms with E-state index in [-0.39, 0.29) is 11.9 Å². The van der Waals surface area contributed by atoms with Gasteiger partial charge in [-0.15, -0.1) is 23.1 Å². The number of esters is 1. The lowest BCUT2D eigenvalue weighted by Crippen LogP contribution is -3.11. The van der Waals surface area contributed by atoms with Crippen molar-refractivity contribution >= 4 is 40.0 Å². The van der Waals surface area contributed by atoms with E-state index in [4.69, 9.17) is 4.74 Å². The first kappa shape index (κ1) is 20.9. The van der Waals surface area contributed by atoms with Crippen LogP contribution in [0.5, 0.6) is 0 Å². The van der Waals surface area contributed by atoms with Gasteiger partial charge in [-0.05, 0) is 35.9 Å². The molecule has 1 atom stereocenters. The minimum atomic E-state index is -0.373. The molecule has 0 aliphatic carbocycles. The van der Waals surface area contributed by atoms with Crippen LogP contribution in [0.2, 0.25) is 0 Å². The molecule has 1 aromatic heterocycles. The molecule has 0 spiro atoms. The summed E-state index contributed by atoms with van der Waals surface area (Å²) in [5, 5.41) is 3.58. The zero-order valence-corrected chi connectivity index (χ0v) is 18.2. The van der Waals surface area contributed by atoms with Crippen molar-refractivity contribution in [3.8, 4) is 0 Å². The van der Waals surface area contributed by atoms with Crippen molar-refractivity contribution in [1.29, 1.82) is 0 Å². The van der Waals surface area contributed by atoms with Gasteiger partial charge in [-0.25, -0.2) is 4.79 Å². The number of hydrogen-bond donors (Lipinski definition) is 2. The molecule has 28 heavy (non-hydrogen) atoms. The van der Waals surface area contributed by atoms with Crippen molar-refractivity contribution in [2.45, 2.75) is 38.1 Å². The maximum absolute atomic E-state index is 12.8. The van der Waals surface area contributed by atoms with Gasteiger partial charge in [0, 0.05) is 16.9 Å². The molecule has 3 rings (SSSR count). The van der Waals surface area contributed by atoms with Gasteiger partial charge in [0.15, 0.2) is 0 Å². The number of rotatable bonds is 7. The molecule has 2 heterocycles. The number of anilines is 1. The number of benzene rings is 1. The average Bonchev–Trinajstić information content (AvgIpc) is 3.05. The van der Waals surface area contributed by atoms with Crippen LogP contribution in [0.3, 0.4) is 0 Å². The summed E-state index contributed by atoms with van der Waals surface area (Å²) in [5.41, 5.74) is 2.17. The molecule has 0 saturated heterocycles. The number of fused-ring (bicyclic) bond motifs is 1. The maximum Gasteiger partial charge on any atom is 0.341 e. The van der Waals surface area contributed by atoms with Gasteiger partial charge < -0.3 is 15.0 Å². The largest absolute Gasteiger partial charge is 0.465 e. The Morgan fingerprint density at radius 2 is 2.14 bits per heavy atom. The van der Waals surface area contributed by atoms with Crippen molar-refractivity contribution in [3.05, 3.63) is 45.8 Å². The van der Waals surface area contributed by atoms with E-state index in [0.29, 0.717) is 16.1 Å². The Morgan fingerprint density at radius 1 is 1.32 bits per heavy atom. The zero-order valence-electron chi connectivity index (χ0n) is 16.6. The summed E-state index contributed by atoms with van der Waals surface area (Å²) in [6, 6.07) is 7.58. The monoisotopic (exact) mass is 419 g/mol. The Hall–Kier alpha value is -1.83. The summed E-state index contributed by atoms with van der Waals surface area (Å²) in [6.07, 6.45) is 1.97. The van der Waals surface area contributed by atoms with Crippen LogP contribution in [0, 0.1) is 0 Å². The fourth-order valence-electron chi connectivity index (χ4n) is 3.58. The number of hydrogen-bond acceptors (Lipinski definition) is 5. The summed E-state index contributed by atoms with van der Waals surface area (Å²) in [4.78, 5) is 29.1. The highest BCUT2D eigenvalue weighted by atomic mass is 32.2. The van der Waals surface area contributed by atoms with Gasteiger partial charge in [0.2, 0.25) is 0 Å². The van der Waals surface area contributed by atoms with E-state index >= 15 is 0 Å². The van der Waals surface area contributed by atoms with Crippen LogP contribution in [-0.4, -0.2) is 37.8 Å². The van der Waals surface area contributed by atoms with Gasteiger partial charge in [-0.1, -0.05) is 19.9 Å². The van der Waals surface area contributed by atoms with Gasteiger partial charge in [0.05, 0.1) is 30.6 Å². The molecular weight excluding hydrogens is 392 g/mol. The molecule has 150 valence electrons. The SMILES string of the molecule is CCC[NH+]1CCc2c(sc(NC(=O)c3cccc(SCC)c3)c2C(=O)OC)C1. The normalized spacial score (nSPS) is 15.8. The Labute approximate surface area is 174 Å². The molecule has 1 aromatic carbocycles. The maximum atomic E-state index is 12.8. The van der Waals surface area contributed by atoms with Crippen LogP contribution < -0.4 is 10.2 Å². The molecule has 0 saturated carbocycles. The molecule has 1 amide bonds. The van der Waals surface area contributed by atoms with E-state index < -0.39 is 0 Å². The molecule has 1 unspecified atom stereocenters. The van der Waals surface area contributed by atoms with Crippen molar-refractivity contribution < 1.29 is 19.2 Å². The van der Waals surface area contributed by atoms with Crippen LogP contribution in [-0.2, 0) is 17.7 Å². The first-order valence-corrected chi connectivity index (χ1v) is 11.5. The van der Waals surface area contributed by atoms with Gasteiger partial charge in [-0.3, -0.25) is 4.79 Å². The van der Waals surface area contributed by atoms with Crippen LogP contribution in [0.15, 0.2) is 29.2 Å². The number of amides is 1. The highest BCUT2D eigenvalue weighted by molar-refractivity contribution is 7.99. The molecule has 0 radical (unpaired) electrons. The first-order valence-electron chi connectivity index (χ1n) is 9.68. The van der Waals surface area contributed by atoms with E-state index in [2.05, 4.69) is 19.2 Å². The number of nitrogens with one attached hydrogen (secondary N) is 2. The topological polar surface area (TPSA) is 59.8 Å². The molecule has 2 aromatic rings. The summed E-state index contributed by atoms with van der Waals surface area (Å²) in [5.74, 6) is 0.383. The number of carbonyl (C=O) groups excluding carboxylic acids is 2. The van der Waals surface area contributed by atoms with E-state index in [1.54, 1.807) is 17.8 Å². The third kappa shape index (κ3) is 4.59. The Morgan fingerprint density at radius 3 is 2.86 bits per heavy atom. The quantitative estimate of drug-likeness (QED) is 0.534. The second-order valence-corrected chi connectivity index (χ2v) is 9.23. The van der Waals surface area contributed by atoms with Gasteiger partial charge in [0.25, 0.3) is 5.91 Å². The minimum Gasteiger partial charge on any atom is -0.465 e. The summed E-state index contributed by atoms with van der Waals surface area (Å²) < 4.78 is 5.02.